The minimum atomic E-state index is -0.286. The summed E-state index contributed by atoms with van der Waals surface area (Å²) in [5.74, 6) is 1.42. The standard InChI is InChI=1S/C24H16BrN3O3/c1-30-20-11-10-17(25)12-16(20)14-26-28-23(22-13-15-6-2-5-9-21(15)31-22)27-19-8-4-3-7-18(19)24(28)29/h2-14H,1H3. The first kappa shape index (κ1) is 19.3. The lowest BCUT2D eigenvalue weighted by Crippen LogP contribution is -2.20. The molecule has 7 heteroatoms. The van der Waals surface area contributed by atoms with E-state index >= 15 is 0 Å². The molecule has 0 N–H and O–H groups in total. The summed E-state index contributed by atoms with van der Waals surface area (Å²) in [6.45, 7) is 0. The third-order valence-electron chi connectivity index (χ3n) is 4.90. The highest BCUT2D eigenvalue weighted by molar-refractivity contribution is 9.10. The lowest BCUT2D eigenvalue weighted by Gasteiger charge is -2.08. The predicted molar refractivity (Wildman–Crippen MR) is 125 cm³/mol. The molecule has 0 unspecified atom stereocenters. The van der Waals surface area contributed by atoms with Crippen LogP contribution >= 0.6 is 15.9 Å². The molecule has 0 amide bonds. The summed E-state index contributed by atoms with van der Waals surface area (Å²) < 4.78 is 13.5. The van der Waals surface area contributed by atoms with Gasteiger partial charge in [-0.2, -0.15) is 9.78 Å². The molecule has 152 valence electrons. The Kier molecular flexibility index (Phi) is 4.88. The van der Waals surface area contributed by atoms with Crippen LogP contribution in [-0.4, -0.2) is 23.0 Å². The molecule has 0 radical (unpaired) electrons. The summed E-state index contributed by atoms with van der Waals surface area (Å²) in [4.78, 5) is 18.0. The minimum Gasteiger partial charge on any atom is -0.496 e. The molecule has 0 aliphatic carbocycles. The van der Waals surface area contributed by atoms with E-state index in [1.807, 2.05) is 54.6 Å². The number of hydrogen-bond donors (Lipinski definition) is 0. The highest BCUT2D eigenvalue weighted by Gasteiger charge is 2.16. The Bertz CT molecular complexity index is 1490. The predicted octanol–water partition coefficient (Wildman–Crippen LogP) is 5.46. The van der Waals surface area contributed by atoms with E-state index in [4.69, 9.17) is 9.15 Å². The van der Waals surface area contributed by atoms with Crippen LogP contribution in [0.25, 0.3) is 33.5 Å². The summed E-state index contributed by atoms with van der Waals surface area (Å²) in [7, 11) is 1.59. The maximum atomic E-state index is 13.3. The van der Waals surface area contributed by atoms with E-state index in [0.717, 1.165) is 9.86 Å². The number of nitrogens with zero attached hydrogens (tertiary/aromatic N) is 3. The third kappa shape index (κ3) is 3.53. The highest BCUT2D eigenvalue weighted by atomic mass is 79.9. The van der Waals surface area contributed by atoms with Gasteiger partial charge in [-0.05, 0) is 42.5 Å². The largest absolute Gasteiger partial charge is 0.496 e. The van der Waals surface area contributed by atoms with Crippen LogP contribution in [0, 0.1) is 0 Å². The van der Waals surface area contributed by atoms with Crippen molar-refractivity contribution in [2.45, 2.75) is 0 Å². The number of halogens is 1. The number of rotatable bonds is 4. The van der Waals surface area contributed by atoms with Crippen LogP contribution in [0.1, 0.15) is 5.56 Å². The lowest BCUT2D eigenvalue weighted by atomic mass is 10.2. The topological polar surface area (TPSA) is 69.6 Å². The number of furan rings is 1. The molecule has 5 rings (SSSR count). The van der Waals surface area contributed by atoms with Gasteiger partial charge in [-0.25, -0.2) is 4.98 Å². The van der Waals surface area contributed by atoms with Gasteiger partial charge in [0, 0.05) is 15.4 Å². The molecule has 2 aromatic heterocycles. The van der Waals surface area contributed by atoms with Gasteiger partial charge in [0.2, 0.25) is 5.82 Å². The zero-order valence-corrected chi connectivity index (χ0v) is 18.0. The van der Waals surface area contributed by atoms with E-state index in [-0.39, 0.29) is 5.56 Å². The van der Waals surface area contributed by atoms with Gasteiger partial charge in [-0.1, -0.05) is 46.3 Å². The van der Waals surface area contributed by atoms with Gasteiger partial charge >= 0.3 is 0 Å². The molecule has 5 aromatic rings. The molecule has 31 heavy (non-hydrogen) atoms. The number of para-hydroxylation sites is 2. The molecule has 0 saturated heterocycles. The smallest absolute Gasteiger partial charge is 0.282 e. The maximum Gasteiger partial charge on any atom is 0.282 e. The lowest BCUT2D eigenvalue weighted by molar-refractivity contribution is 0.414. The molecule has 0 fully saturated rings. The minimum absolute atomic E-state index is 0.286. The number of aromatic nitrogens is 2. The number of methoxy groups -OCH3 is 1. The van der Waals surface area contributed by atoms with E-state index in [9.17, 15) is 4.79 Å². The van der Waals surface area contributed by atoms with E-state index in [0.29, 0.717) is 39.4 Å². The van der Waals surface area contributed by atoms with Crippen molar-refractivity contribution in [1.82, 2.24) is 9.66 Å². The Morgan fingerprint density at radius 3 is 2.71 bits per heavy atom. The van der Waals surface area contributed by atoms with Crippen molar-refractivity contribution in [3.8, 4) is 17.3 Å². The second kappa shape index (κ2) is 7.85. The summed E-state index contributed by atoms with van der Waals surface area (Å²) in [6.07, 6.45) is 1.58. The van der Waals surface area contributed by atoms with Gasteiger partial charge in [0.1, 0.15) is 11.3 Å². The van der Waals surface area contributed by atoms with Crippen molar-refractivity contribution in [2.75, 3.05) is 7.11 Å². The average Bonchev–Trinajstić information content (AvgIpc) is 3.22. The number of fused-ring (bicyclic) bond motifs is 2. The zero-order valence-electron chi connectivity index (χ0n) is 16.4. The van der Waals surface area contributed by atoms with Gasteiger partial charge < -0.3 is 9.15 Å². The average molecular weight is 474 g/mol. The van der Waals surface area contributed by atoms with Gasteiger partial charge in [-0.15, -0.1) is 0 Å². The first-order chi connectivity index (χ1) is 15.1. The van der Waals surface area contributed by atoms with Crippen LogP contribution < -0.4 is 10.3 Å². The van der Waals surface area contributed by atoms with Gasteiger partial charge in [0.25, 0.3) is 5.56 Å². The molecular formula is C24H16BrN3O3. The molecule has 3 aromatic carbocycles. The van der Waals surface area contributed by atoms with Crippen LogP contribution in [0.4, 0.5) is 0 Å². The van der Waals surface area contributed by atoms with Gasteiger partial charge in [0.05, 0.1) is 24.2 Å². The summed E-state index contributed by atoms with van der Waals surface area (Å²) >= 11 is 3.46. The first-order valence-electron chi connectivity index (χ1n) is 9.53. The van der Waals surface area contributed by atoms with Crippen molar-refractivity contribution in [2.24, 2.45) is 5.10 Å². The Balaban J connectivity index is 1.75. The molecule has 0 aliphatic heterocycles. The van der Waals surface area contributed by atoms with Crippen LogP contribution in [0.15, 0.2) is 91.6 Å². The van der Waals surface area contributed by atoms with Gasteiger partial charge in [0.15, 0.2) is 5.76 Å². The van der Waals surface area contributed by atoms with Gasteiger partial charge in [-0.3, -0.25) is 4.79 Å². The number of ether oxygens (including phenoxy) is 1. The van der Waals surface area contributed by atoms with Crippen molar-refractivity contribution < 1.29 is 9.15 Å². The fourth-order valence-corrected chi connectivity index (χ4v) is 3.79. The summed E-state index contributed by atoms with van der Waals surface area (Å²) in [5, 5.41) is 5.87. The Morgan fingerprint density at radius 2 is 1.87 bits per heavy atom. The van der Waals surface area contributed by atoms with E-state index in [2.05, 4.69) is 26.0 Å². The molecule has 2 heterocycles. The molecule has 6 nitrogen and oxygen atoms in total. The summed E-state index contributed by atoms with van der Waals surface area (Å²) in [5.41, 5.74) is 1.72. The molecule has 0 spiro atoms. The Hall–Kier alpha value is -3.71. The fraction of sp³-hybridized carbons (Fsp3) is 0.0417. The first-order valence-corrected chi connectivity index (χ1v) is 10.3. The third-order valence-corrected chi connectivity index (χ3v) is 5.40. The van der Waals surface area contributed by atoms with Crippen molar-refractivity contribution >= 4 is 44.0 Å². The Labute approximate surface area is 185 Å². The second-order valence-corrected chi connectivity index (χ2v) is 7.76. The zero-order chi connectivity index (χ0) is 21.4. The monoisotopic (exact) mass is 473 g/mol. The second-order valence-electron chi connectivity index (χ2n) is 6.85. The van der Waals surface area contributed by atoms with Crippen LogP contribution in [0.2, 0.25) is 0 Å². The highest BCUT2D eigenvalue weighted by Crippen LogP contribution is 2.27. The normalized spacial score (nSPS) is 11.5. The fourth-order valence-electron chi connectivity index (χ4n) is 3.41. The van der Waals surface area contributed by atoms with Crippen molar-refractivity contribution in [1.29, 1.82) is 0 Å². The van der Waals surface area contributed by atoms with Crippen molar-refractivity contribution in [3.05, 3.63) is 93.2 Å². The molecular weight excluding hydrogens is 458 g/mol. The van der Waals surface area contributed by atoms with Crippen LogP contribution in [0.3, 0.4) is 0 Å². The SMILES string of the molecule is COc1ccc(Br)cc1C=Nn1c(-c2cc3ccccc3o2)nc2ccccc2c1=O. The summed E-state index contributed by atoms with van der Waals surface area (Å²) in [6, 6.07) is 22.3. The van der Waals surface area contributed by atoms with E-state index < -0.39 is 0 Å². The quantitative estimate of drug-likeness (QED) is 0.324. The molecule has 0 saturated carbocycles. The van der Waals surface area contributed by atoms with Crippen LogP contribution in [0.5, 0.6) is 5.75 Å². The number of hydrogen-bond acceptors (Lipinski definition) is 5. The van der Waals surface area contributed by atoms with Crippen molar-refractivity contribution in [3.63, 3.8) is 0 Å². The molecule has 0 atom stereocenters. The van der Waals surface area contributed by atoms with Crippen LogP contribution in [-0.2, 0) is 0 Å². The van der Waals surface area contributed by atoms with E-state index in [1.54, 1.807) is 31.5 Å². The molecule has 0 aliphatic rings. The molecule has 0 bridgehead atoms. The maximum absolute atomic E-state index is 13.3. The number of benzene rings is 3. The van der Waals surface area contributed by atoms with E-state index in [1.165, 1.54) is 4.68 Å². The Morgan fingerprint density at radius 1 is 1.06 bits per heavy atom.